The molecule has 2 aliphatic rings. The normalized spacial score (nSPS) is 26.0. The van der Waals surface area contributed by atoms with E-state index in [4.69, 9.17) is 0 Å². The summed E-state index contributed by atoms with van der Waals surface area (Å²) >= 11 is 0. The van der Waals surface area contributed by atoms with Crippen LogP contribution < -0.4 is 0 Å². The Morgan fingerprint density at radius 2 is 1.87 bits per heavy atom. The molecule has 0 saturated carbocycles. The Kier molecular flexibility index (Phi) is 4.31. The highest BCUT2D eigenvalue weighted by molar-refractivity contribution is 5.94. The Balaban J connectivity index is 1.76. The van der Waals surface area contributed by atoms with E-state index in [2.05, 4.69) is 16.9 Å². The second-order valence-corrected chi connectivity index (χ2v) is 6.33. The fraction of sp³-hybridized carbons (Fsp3) is 0.625. The van der Waals surface area contributed by atoms with Gasteiger partial charge in [0.05, 0.1) is 5.56 Å². The van der Waals surface area contributed by atoms with Crippen LogP contribution >= 0.6 is 0 Å². The van der Waals surface area contributed by atoms with E-state index in [1.807, 2.05) is 4.90 Å². The molecule has 3 rings (SSSR count). The van der Waals surface area contributed by atoms with E-state index in [1.165, 1.54) is 6.07 Å². The first-order valence-corrected chi connectivity index (χ1v) is 7.92. The number of aromatic nitrogens is 1. The molecule has 0 aromatic carbocycles. The number of amides is 1. The minimum atomic E-state index is -4.48. The van der Waals surface area contributed by atoms with Crippen molar-refractivity contribution in [3.63, 3.8) is 0 Å². The van der Waals surface area contributed by atoms with Gasteiger partial charge in [0.1, 0.15) is 5.69 Å². The summed E-state index contributed by atoms with van der Waals surface area (Å²) < 4.78 is 37.7. The van der Waals surface area contributed by atoms with Gasteiger partial charge in [0.25, 0.3) is 5.91 Å². The van der Waals surface area contributed by atoms with Gasteiger partial charge in [0.2, 0.25) is 0 Å². The number of carbonyl (C=O) groups is 1. The van der Waals surface area contributed by atoms with Crippen molar-refractivity contribution in [3.05, 3.63) is 29.6 Å². The molecule has 0 N–H and O–H groups in total. The van der Waals surface area contributed by atoms with Crippen molar-refractivity contribution in [2.24, 2.45) is 0 Å². The molecule has 2 atom stereocenters. The molecule has 0 bridgehead atoms. The molecule has 1 aromatic heterocycles. The quantitative estimate of drug-likeness (QED) is 0.838. The minimum Gasteiger partial charge on any atom is -0.334 e. The lowest BCUT2D eigenvalue weighted by Gasteiger charge is -2.33. The van der Waals surface area contributed by atoms with Crippen LogP contribution in [0.5, 0.6) is 0 Å². The molecular weight excluding hydrogens is 307 g/mol. The van der Waals surface area contributed by atoms with Crippen LogP contribution in [-0.2, 0) is 6.18 Å². The Hall–Kier alpha value is -1.63. The zero-order valence-corrected chi connectivity index (χ0v) is 13.0. The molecule has 2 aliphatic heterocycles. The summed E-state index contributed by atoms with van der Waals surface area (Å²) in [5, 5.41) is 0. The Bertz CT molecular complexity index is 573. The van der Waals surface area contributed by atoms with Crippen molar-refractivity contribution in [2.75, 3.05) is 20.1 Å². The SMILES string of the molecule is CN1CCCC1C1CCCN1C(=O)c1ccc(C(F)(F)F)nc1. The number of hydrogen-bond donors (Lipinski definition) is 0. The van der Waals surface area contributed by atoms with E-state index in [-0.39, 0.29) is 17.5 Å². The van der Waals surface area contributed by atoms with Crippen LogP contribution in [0.1, 0.15) is 41.7 Å². The van der Waals surface area contributed by atoms with Gasteiger partial charge in [0.15, 0.2) is 0 Å². The van der Waals surface area contributed by atoms with E-state index in [0.717, 1.165) is 44.5 Å². The Morgan fingerprint density at radius 3 is 2.43 bits per heavy atom. The average molecular weight is 327 g/mol. The summed E-state index contributed by atoms with van der Waals surface area (Å²) in [7, 11) is 2.07. The van der Waals surface area contributed by atoms with Crippen LogP contribution in [-0.4, -0.2) is 52.9 Å². The summed E-state index contributed by atoms with van der Waals surface area (Å²) in [6, 6.07) is 2.60. The molecule has 23 heavy (non-hydrogen) atoms. The summed E-state index contributed by atoms with van der Waals surface area (Å²) in [6.07, 6.45) is 0.643. The molecule has 1 amide bonds. The zero-order chi connectivity index (χ0) is 16.6. The van der Waals surface area contributed by atoms with Gasteiger partial charge in [-0.1, -0.05) is 0 Å². The lowest BCUT2D eigenvalue weighted by molar-refractivity contribution is -0.141. The molecule has 4 nitrogen and oxygen atoms in total. The first kappa shape index (κ1) is 16.2. The number of rotatable bonds is 2. The van der Waals surface area contributed by atoms with Crippen LogP contribution in [0.2, 0.25) is 0 Å². The van der Waals surface area contributed by atoms with Crippen molar-refractivity contribution in [3.8, 4) is 0 Å². The maximum absolute atomic E-state index is 12.7. The summed E-state index contributed by atoms with van der Waals surface area (Å²) in [5.74, 6) is -0.214. The van der Waals surface area contributed by atoms with Crippen LogP contribution in [0.4, 0.5) is 13.2 Å². The number of carbonyl (C=O) groups excluding carboxylic acids is 1. The maximum Gasteiger partial charge on any atom is 0.433 e. The van der Waals surface area contributed by atoms with E-state index in [9.17, 15) is 18.0 Å². The van der Waals surface area contributed by atoms with Crippen molar-refractivity contribution in [2.45, 2.75) is 43.9 Å². The van der Waals surface area contributed by atoms with E-state index in [1.54, 1.807) is 0 Å². The van der Waals surface area contributed by atoms with Crippen LogP contribution in [0.25, 0.3) is 0 Å². The number of likely N-dealkylation sites (N-methyl/N-ethyl adjacent to an activating group) is 1. The predicted molar refractivity (Wildman–Crippen MR) is 78.9 cm³/mol. The Morgan fingerprint density at radius 1 is 1.17 bits per heavy atom. The van der Waals surface area contributed by atoms with Crippen LogP contribution in [0.15, 0.2) is 18.3 Å². The maximum atomic E-state index is 12.7. The number of hydrogen-bond acceptors (Lipinski definition) is 3. The number of likely N-dealkylation sites (tertiary alicyclic amines) is 2. The van der Waals surface area contributed by atoms with Crippen molar-refractivity contribution in [1.82, 2.24) is 14.8 Å². The van der Waals surface area contributed by atoms with Gasteiger partial charge in [-0.15, -0.1) is 0 Å². The van der Waals surface area contributed by atoms with Gasteiger partial charge in [0, 0.05) is 24.8 Å². The number of halogens is 3. The highest BCUT2D eigenvalue weighted by atomic mass is 19.4. The average Bonchev–Trinajstić information content (AvgIpc) is 3.14. The second-order valence-electron chi connectivity index (χ2n) is 6.33. The highest BCUT2D eigenvalue weighted by Crippen LogP contribution is 2.31. The molecule has 0 radical (unpaired) electrons. The van der Waals surface area contributed by atoms with Gasteiger partial charge in [-0.05, 0) is 51.4 Å². The highest BCUT2D eigenvalue weighted by Gasteiger charge is 2.39. The van der Waals surface area contributed by atoms with Crippen LogP contribution in [0.3, 0.4) is 0 Å². The number of alkyl halides is 3. The molecular formula is C16H20F3N3O. The second kappa shape index (κ2) is 6.11. The Labute approximate surface area is 133 Å². The van der Waals surface area contributed by atoms with E-state index < -0.39 is 11.9 Å². The fourth-order valence-corrected chi connectivity index (χ4v) is 3.72. The molecule has 0 aliphatic carbocycles. The van der Waals surface area contributed by atoms with Crippen molar-refractivity contribution >= 4 is 5.91 Å². The van der Waals surface area contributed by atoms with Crippen LogP contribution in [0, 0.1) is 0 Å². The van der Waals surface area contributed by atoms with Gasteiger partial charge in [-0.25, -0.2) is 0 Å². The summed E-state index contributed by atoms with van der Waals surface area (Å²) in [4.78, 5) is 20.2. The predicted octanol–water partition coefficient (Wildman–Crippen LogP) is 2.80. The standard InChI is InChI=1S/C16H20F3N3O/c1-21-8-2-4-12(21)13-5-3-9-22(13)15(23)11-6-7-14(20-10-11)16(17,18)19/h6-7,10,12-13H,2-5,8-9H2,1H3. The number of nitrogens with zero attached hydrogens (tertiary/aromatic N) is 3. The third-order valence-corrected chi connectivity index (χ3v) is 4.88. The first-order valence-electron chi connectivity index (χ1n) is 7.92. The first-order chi connectivity index (χ1) is 10.9. The molecule has 1 aromatic rings. The van der Waals surface area contributed by atoms with Gasteiger partial charge in [-0.2, -0.15) is 13.2 Å². The largest absolute Gasteiger partial charge is 0.433 e. The smallest absolute Gasteiger partial charge is 0.334 e. The summed E-state index contributed by atoms with van der Waals surface area (Å²) in [6.45, 7) is 1.69. The topological polar surface area (TPSA) is 36.4 Å². The molecule has 0 spiro atoms. The lowest BCUT2D eigenvalue weighted by Crippen LogP contribution is -2.47. The third kappa shape index (κ3) is 3.20. The monoisotopic (exact) mass is 327 g/mol. The molecule has 2 unspecified atom stereocenters. The van der Waals surface area contributed by atoms with Gasteiger partial charge < -0.3 is 9.80 Å². The van der Waals surface area contributed by atoms with Crippen molar-refractivity contribution < 1.29 is 18.0 Å². The molecule has 2 fully saturated rings. The zero-order valence-electron chi connectivity index (χ0n) is 13.0. The number of pyridine rings is 1. The van der Waals surface area contributed by atoms with Crippen molar-refractivity contribution in [1.29, 1.82) is 0 Å². The molecule has 3 heterocycles. The van der Waals surface area contributed by atoms with Gasteiger partial charge in [-0.3, -0.25) is 9.78 Å². The molecule has 2 saturated heterocycles. The van der Waals surface area contributed by atoms with E-state index in [0.29, 0.717) is 12.6 Å². The minimum absolute atomic E-state index is 0.150. The third-order valence-electron chi connectivity index (χ3n) is 4.88. The molecule has 7 heteroatoms. The van der Waals surface area contributed by atoms with Gasteiger partial charge >= 0.3 is 6.18 Å². The summed E-state index contributed by atoms with van der Waals surface area (Å²) in [5.41, 5.74) is -0.743. The molecule has 126 valence electrons. The fourth-order valence-electron chi connectivity index (χ4n) is 3.72. The lowest BCUT2D eigenvalue weighted by atomic mass is 10.0. The van der Waals surface area contributed by atoms with E-state index >= 15 is 0 Å².